The van der Waals surface area contributed by atoms with E-state index in [0.29, 0.717) is 18.8 Å². The molecule has 0 aromatic carbocycles. The highest BCUT2D eigenvalue weighted by molar-refractivity contribution is 7.13. The minimum Gasteiger partial charge on any atom is -0.338 e. The maximum atomic E-state index is 12.2. The van der Waals surface area contributed by atoms with Gasteiger partial charge in [-0.1, -0.05) is 6.07 Å². The molecule has 5 nitrogen and oxygen atoms in total. The van der Waals surface area contributed by atoms with Gasteiger partial charge in [0.25, 0.3) is 5.91 Å². The van der Waals surface area contributed by atoms with Crippen molar-refractivity contribution in [1.29, 1.82) is 0 Å². The summed E-state index contributed by atoms with van der Waals surface area (Å²) in [4.78, 5) is 32.7. The maximum Gasteiger partial charge on any atom is 0.346 e. The lowest BCUT2D eigenvalue weighted by molar-refractivity contribution is 0.0766. The molecule has 2 heterocycles. The molecule has 0 spiro atoms. The van der Waals surface area contributed by atoms with Crippen molar-refractivity contribution in [3.63, 3.8) is 0 Å². The summed E-state index contributed by atoms with van der Waals surface area (Å²) < 4.78 is 0. The smallest absolute Gasteiger partial charge is 0.338 e. The predicted octanol–water partition coefficient (Wildman–Crippen LogP) is 1.98. The molecular weight excluding hydrogens is 262 g/mol. The van der Waals surface area contributed by atoms with E-state index >= 15 is 0 Å². The fourth-order valence-corrected chi connectivity index (χ4v) is 2.50. The molecule has 2 rings (SSSR count). The molecule has 0 atom stereocenters. The van der Waals surface area contributed by atoms with Gasteiger partial charge in [-0.3, -0.25) is 4.79 Å². The van der Waals surface area contributed by atoms with E-state index in [-0.39, 0.29) is 11.6 Å². The average molecular weight is 277 g/mol. The van der Waals surface area contributed by atoms with Crippen LogP contribution in [0.15, 0.2) is 28.4 Å². The van der Waals surface area contributed by atoms with Gasteiger partial charge >= 0.3 is 5.69 Å². The summed E-state index contributed by atoms with van der Waals surface area (Å²) in [7, 11) is 0. The van der Waals surface area contributed by atoms with Gasteiger partial charge < -0.3 is 9.88 Å². The lowest BCUT2D eigenvalue weighted by Crippen LogP contribution is -2.32. The largest absolute Gasteiger partial charge is 0.346 e. The van der Waals surface area contributed by atoms with E-state index in [2.05, 4.69) is 9.97 Å². The van der Waals surface area contributed by atoms with Crippen molar-refractivity contribution in [2.24, 2.45) is 0 Å². The van der Waals surface area contributed by atoms with Crippen molar-refractivity contribution in [1.82, 2.24) is 14.9 Å². The van der Waals surface area contributed by atoms with Crippen LogP contribution < -0.4 is 5.69 Å². The number of amides is 1. The van der Waals surface area contributed by atoms with Crippen molar-refractivity contribution in [3.05, 3.63) is 39.8 Å². The average Bonchev–Trinajstić information content (AvgIpc) is 2.93. The number of nitrogens with one attached hydrogen (secondary N) is 1. The topological polar surface area (TPSA) is 66.1 Å². The van der Waals surface area contributed by atoms with Crippen LogP contribution in [0.25, 0.3) is 10.6 Å². The zero-order valence-electron chi connectivity index (χ0n) is 10.8. The van der Waals surface area contributed by atoms with Gasteiger partial charge in [0, 0.05) is 13.1 Å². The quantitative estimate of drug-likeness (QED) is 0.929. The summed E-state index contributed by atoms with van der Waals surface area (Å²) in [6, 6.07) is 5.42. The van der Waals surface area contributed by atoms with E-state index in [9.17, 15) is 9.59 Å². The third-order valence-electron chi connectivity index (χ3n) is 2.80. The van der Waals surface area contributed by atoms with Gasteiger partial charge in [0.2, 0.25) is 0 Å². The zero-order chi connectivity index (χ0) is 13.8. The van der Waals surface area contributed by atoms with Crippen LogP contribution in [0.1, 0.15) is 24.3 Å². The zero-order valence-corrected chi connectivity index (χ0v) is 11.7. The molecule has 1 N–H and O–H groups in total. The molecule has 2 aromatic rings. The fourth-order valence-electron chi connectivity index (χ4n) is 1.80. The second-order valence-corrected chi connectivity index (χ2v) is 4.89. The number of aromatic nitrogens is 2. The predicted molar refractivity (Wildman–Crippen MR) is 75.4 cm³/mol. The maximum absolute atomic E-state index is 12.2. The third kappa shape index (κ3) is 2.90. The number of hydrogen-bond acceptors (Lipinski definition) is 4. The number of aromatic amines is 1. The van der Waals surface area contributed by atoms with E-state index in [0.717, 1.165) is 4.88 Å². The number of thiophene rings is 1. The lowest BCUT2D eigenvalue weighted by Gasteiger charge is -2.17. The molecule has 0 fully saturated rings. The highest BCUT2D eigenvalue weighted by Crippen LogP contribution is 2.21. The Morgan fingerprint density at radius 1 is 1.42 bits per heavy atom. The Hall–Kier alpha value is -1.95. The first-order valence-electron chi connectivity index (χ1n) is 6.10. The van der Waals surface area contributed by atoms with Crippen LogP contribution in [0.5, 0.6) is 0 Å². The van der Waals surface area contributed by atoms with Crippen LogP contribution in [0, 0.1) is 0 Å². The lowest BCUT2D eigenvalue weighted by atomic mass is 10.2. The minimum absolute atomic E-state index is 0.191. The Morgan fingerprint density at radius 2 is 2.16 bits per heavy atom. The molecule has 100 valence electrons. The molecule has 0 radical (unpaired) electrons. The molecule has 0 saturated heterocycles. The number of H-pyrrole nitrogens is 1. The number of nitrogens with zero attached hydrogens (tertiary/aromatic N) is 2. The van der Waals surface area contributed by atoms with Crippen molar-refractivity contribution in [2.45, 2.75) is 13.8 Å². The highest BCUT2D eigenvalue weighted by atomic mass is 32.1. The van der Waals surface area contributed by atoms with Crippen molar-refractivity contribution < 1.29 is 4.79 Å². The summed E-state index contributed by atoms with van der Waals surface area (Å²) in [6.07, 6.45) is 0. The van der Waals surface area contributed by atoms with Crippen molar-refractivity contribution in [3.8, 4) is 10.6 Å². The number of hydrogen-bond donors (Lipinski definition) is 1. The molecule has 1 amide bonds. The fraction of sp³-hybridized carbons (Fsp3) is 0.308. The Bertz CT molecular complexity index is 615. The van der Waals surface area contributed by atoms with Crippen LogP contribution >= 0.6 is 11.3 Å². The van der Waals surface area contributed by atoms with Gasteiger partial charge in [0.1, 0.15) is 5.69 Å². The van der Waals surface area contributed by atoms with E-state index in [1.807, 2.05) is 31.4 Å². The Morgan fingerprint density at radius 3 is 2.74 bits per heavy atom. The van der Waals surface area contributed by atoms with Gasteiger partial charge in [0.15, 0.2) is 0 Å². The molecule has 19 heavy (non-hydrogen) atoms. The Balaban J connectivity index is 2.42. The first-order valence-corrected chi connectivity index (χ1v) is 6.98. The molecule has 2 aromatic heterocycles. The highest BCUT2D eigenvalue weighted by Gasteiger charge is 2.16. The molecule has 0 bridgehead atoms. The van der Waals surface area contributed by atoms with Gasteiger partial charge in [-0.2, -0.15) is 4.98 Å². The SMILES string of the molecule is CCN(CC)C(=O)c1cc(-c2cccs2)[nH]c(=O)n1. The van der Waals surface area contributed by atoms with Gasteiger partial charge in [-0.05, 0) is 31.4 Å². The van der Waals surface area contributed by atoms with Gasteiger partial charge in [-0.15, -0.1) is 11.3 Å². The van der Waals surface area contributed by atoms with Crippen LogP contribution in [-0.2, 0) is 0 Å². The number of carbonyl (C=O) groups excluding carboxylic acids is 1. The number of rotatable bonds is 4. The number of carbonyl (C=O) groups is 1. The van der Waals surface area contributed by atoms with Crippen molar-refractivity contribution >= 4 is 17.2 Å². The van der Waals surface area contributed by atoms with Crippen molar-refractivity contribution in [2.75, 3.05) is 13.1 Å². The molecule has 0 unspecified atom stereocenters. The first kappa shape index (κ1) is 13.5. The summed E-state index contributed by atoms with van der Waals surface area (Å²) in [5, 5.41) is 1.92. The van der Waals surface area contributed by atoms with E-state index in [4.69, 9.17) is 0 Å². The Kier molecular flexibility index (Phi) is 4.11. The third-order valence-corrected chi connectivity index (χ3v) is 3.70. The van der Waals surface area contributed by atoms with Crippen LogP contribution in [-0.4, -0.2) is 33.9 Å². The molecule has 0 saturated carbocycles. The van der Waals surface area contributed by atoms with Crippen LogP contribution in [0.3, 0.4) is 0 Å². The Labute approximate surface area is 114 Å². The van der Waals surface area contributed by atoms with E-state index < -0.39 is 5.69 Å². The summed E-state index contributed by atoms with van der Waals surface area (Å²) in [5.74, 6) is -0.214. The van der Waals surface area contributed by atoms with E-state index in [1.165, 1.54) is 11.3 Å². The van der Waals surface area contributed by atoms with Gasteiger partial charge in [-0.25, -0.2) is 4.79 Å². The monoisotopic (exact) mass is 277 g/mol. The summed E-state index contributed by atoms with van der Waals surface area (Å²) in [6.45, 7) is 4.99. The first-order chi connectivity index (χ1) is 9.15. The molecule has 0 aliphatic carbocycles. The van der Waals surface area contributed by atoms with Gasteiger partial charge in [0.05, 0.1) is 10.6 Å². The molecule has 6 heteroatoms. The standard InChI is InChI=1S/C13H15N3O2S/c1-3-16(4-2)12(17)10-8-9(14-13(18)15-10)11-6-5-7-19-11/h5-8H,3-4H2,1-2H3,(H,14,15,18). The second kappa shape index (κ2) is 5.79. The van der Waals surface area contributed by atoms with Crippen LogP contribution in [0.4, 0.5) is 0 Å². The second-order valence-electron chi connectivity index (χ2n) is 3.94. The minimum atomic E-state index is -0.499. The molecular formula is C13H15N3O2S. The summed E-state index contributed by atoms with van der Waals surface area (Å²) in [5.41, 5.74) is 0.322. The van der Waals surface area contributed by atoms with E-state index in [1.54, 1.807) is 11.0 Å². The summed E-state index contributed by atoms with van der Waals surface area (Å²) >= 11 is 1.50. The van der Waals surface area contributed by atoms with Crippen LogP contribution in [0.2, 0.25) is 0 Å². The normalized spacial score (nSPS) is 10.4. The molecule has 0 aliphatic rings. The molecule has 0 aliphatic heterocycles.